The minimum Gasteiger partial charge on any atom is -0.507 e. The van der Waals surface area contributed by atoms with Crippen LogP contribution in [-0.4, -0.2) is 18.2 Å². The van der Waals surface area contributed by atoms with E-state index in [1.165, 1.54) is 23.1 Å². The van der Waals surface area contributed by atoms with Gasteiger partial charge < -0.3 is 9.84 Å². The molecule has 0 atom stereocenters. The van der Waals surface area contributed by atoms with Crippen LogP contribution in [0.3, 0.4) is 0 Å². The number of aromatic hydroxyl groups is 1. The smallest absolute Gasteiger partial charge is 0.341 e. The molecule has 3 rings (SSSR count). The quantitative estimate of drug-likeness (QED) is 0.596. The average molecular weight is 364 g/mol. The second-order valence-corrected chi connectivity index (χ2v) is 6.98. The topological polar surface area (TPSA) is 46.5 Å². The lowest BCUT2D eigenvalue weighted by molar-refractivity contribution is 0.0597. The number of aryl methyl sites for hydroxylation is 1. The van der Waals surface area contributed by atoms with Crippen molar-refractivity contribution in [1.82, 2.24) is 0 Å². The maximum atomic E-state index is 11.5. The predicted molar refractivity (Wildman–Crippen MR) is 108 cm³/mol. The molecule has 0 aliphatic heterocycles. The maximum Gasteiger partial charge on any atom is 0.341 e. The van der Waals surface area contributed by atoms with Gasteiger partial charge in [-0.05, 0) is 47.4 Å². The van der Waals surface area contributed by atoms with Crippen LogP contribution in [0.1, 0.15) is 32.6 Å². The number of phenols is 1. The number of carbonyl (C=O) groups excluding carboxylic acids is 1. The van der Waals surface area contributed by atoms with E-state index in [9.17, 15) is 9.90 Å². The first-order valence-corrected chi connectivity index (χ1v) is 9.21. The third kappa shape index (κ3) is 3.86. The van der Waals surface area contributed by atoms with E-state index in [0.29, 0.717) is 0 Å². The van der Waals surface area contributed by atoms with Crippen molar-refractivity contribution in [2.75, 3.05) is 7.11 Å². The summed E-state index contributed by atoms with van der Waals surface area (Å²) in [6.07, 6.45) is 4.95. The van der Waals surface area contributed by atoms with Gasteiger partial charge in [-0.2, -0.15) is 0 Å². The second kappa shape index (κ2) is 8.02. The first-order valence-electron chi connectivity index (χ1n) is 8.40. The van der Waals surface area contributed by atoms with Crippen molar-refractivity contribution in [2.24, 2.45) is 0 Å². The van der Waals surface area contributed by atoms with E-state index in [4.69, 9.17) is 0 Å². The second-order valence-electron chi connectivity index (χ2n) is 5.81. The number of hydrogen-bond acceptors (Lipinski definition) is 4. The Balaban J connectivity index is 1.86. The molecule has 3 aromatic rings. The molecule has 0 spiro atoms. The van der Waals surface area contributed by atoms with Gasteiger partial charge in [-0.3, -0.25) is 0 Å². The number of ether oxygens (including phenoxy) is 1. The van der Waals surface area contributed by atoms with Crippen molar-refractivity contribution in [1.29, 1.82) is 0 Å². The van der Waals surface area contributed by atoms with Crippen molar-refractivity contribution >= 4 is 29.5 Å². The summed E-state index contributed by atoms with van der Waals surface area (Å²) in [6.45, 7) is 2.16. The molecule has 2 aromatic carbocycles. The lowest BCUT2D eigenvalue weighted by Gasteiger charge is -2.03. The molecule has 1 aromatic heterocycles. The summed E-state index contributed by atoms with van der Waals surface area (Å²) < 4.78 is 4.64. The van der Waals surface area contributed by atoms with Gasteiger partial charge in [-0.25, -0.2) is 4.79 Å². The van der Waals surface area contributed by atoms with Gasteiger partial charge in [0.05, 0.1) is 7.11 Å². The maximum absolute atomic E-state index is 11.5. The zero-order valence-corrected chi connectivity index (χ0v) is 15.5. The lowest BCUT2D eigenvalue weighted by atomic mass is 10.1. The predicted octanol–water partition coefficient (Wildman–Crippen LogP) is 5.64. The normalized spacial score (nSPS) is 11.0. The Labute approximate surface area is 157 Å². The van der Waals surface area contributed by atoms with Gasteiger partial charge in [-0.1, -0.05) is 49.4 Å². The molecule has 0 aliphatic rings. The minimum atomic E-state index is -0.545. The van der Waals surface area contributed by atoms with Crippen molar-refractivity contribution in [3.05, 3.63) is 75.5 Å². The summed E-state index contributed by atoms with van der Waals surface area (Å²) in [5.74, 6) is -0.624. The molecule has 26 heavy (non-hydrogen) atoms. The highest BCUT2D eigenvalue weighted by Gasteiger charge is 2.11. The molecule has 0 unspecified atom stereocenters. The summed E-state index contributed by atoms with van der Waals surface area (Å²) >= 11 is 1.77. The van der Waals surface area contributed by atoms with Crippen LogP contribution in [0.15, 0.2) is 54.6 Å². The summed E-state index contributed by atoms with van der Waals surface area (Å²) in [4.78, 5) is 14.0. The van der Waals surface area contributed by atoms with Crippen LogP contribution in [0.4, 0.5) is 0 Å². The van der Waals surface area contributed by atoms with Crippen LogP contribution in [0.25, 0.3) is 23.3 Å². The Kier molecular flexibility index (Phi) is 5.54. The first-order chi connectivity index (χ1) is 12.6. The van der Waals surface area contributed by atoms with Gasteiger partial charge in [-0.15, -0.1) is 11.3 Å². The lowest BCUT2D eigenvalue weighted by Crippen LogP contribution is -2.01. The van der Waals surface area contributed by atoms with Crippen LogP contribution < -0.4 is 0 Å². The fourth-order valence-corrected chi connectivity index (χ4v) is 3.80. The molecule has 0 aliphatic carbocycles. The molecule has 0 amide bonds. The van der Waals surface area contributed by atoms with Gasteiger partial charge in [0.25, 0.3) is 0 Å². The van der Waals surface area contributed by atoms with Crippen LogP contribution >= 0.6 is 11.3 Å². The Hall–Kier alpha value is -2.85. The number of thiophene rings is 1. The largest absolute Gasteiger partial charge is 0.507 e. The molecule has 1 N–H and O–H groups in total. The standard InChI is InChI=1S/C22H20O3S/c1-3-21-19(16-7-5-4-6-8-16)14-17(26-21)11-9-15-10-12-18(20(23)13-15)22(24)25-2/h4-14,23H,3H2,1-2H3/b11-9+. The molecule has 3 nitrogen and oxygen atoms in total. The highest BCUT2D eigenvalue weighted by atomic mass is 32.1. The molecular weight excluding hydrogens is 344 g/mol. The van der Waals surface area contributed by atoms with Gasteiger partial charge in [0.2, 0.25) is 0 Å². The number of rotatable bonds is 5. The Morgan fingerprint density at radius 2 is 1.88 bits per heavy atom. The third-order valence-electron chi connectivity index (χ3n) is 4.10. The van der Waals surface area contributed by atoms with Crippen LogP contribution in [0.2, 0.25) is 0 Å². The van der Waals surface area contributed by atoms with E-state index in [1.54, 1.807) is 29.5 Å². The van der Waals surface area contributed by atoms with Gasteiger partial charge in [0.1, 0.15) is 11.3 Å². The number of hydrogen-bond donors (Lipinski definition) is 1. The number of phenolic OH excluding ortho intramolecular Hbond substituents is 1. The van der Waals surface area contributed by atoms with E-state index in [-0.39, 0.29) is 11.3 Å². The van der Waals surface area contributed by atoms with E-state index in [1.807, 2.05) is 30.4 Å². The Morgan fingerprint density at radius 1 is 1.12 bits per heavy atom. The molecular formula is C22H20O3S. The highest BCUT2D eigenvalue weighted by Crippen LogP contribution is 2.33. The van der Waals surface area contributed by atoms with Crippen molar-refractivity contribution < 1.29 is 14.6 Å². The SMILES string of the molecule is CCc1sc(/C=C/c2ccc(C(=O)OC)c(O)c2)cc1-c1ccccc1. The molecule has 0 saturated carbocycles. The third-order valence-corrected chi connectivity index (χ3v) is 5.35. The van der Waals surface area contributed by atoms with Gasteiger partial charge in [0, 0.05) is 9.75 Å². The zero-order chi connectivity index (χ0) is 18.5. The number of esters is 1. The van der Waals surface area contributed by atoms with Crippen molar-refractivity contribution in [3.8, 4) is 16.9 Å². The van der Waals surface area contributed by atoms with Gasteiger partial charge >= 0.3 is 5.97 Å². The van der Waals surface area contributed by atoms with E-state index >= 15 is 0 Å². The summed E-state index contributed by atoms with van der Waals surface area (Å²) in [5, 5.41) is 9.99. The average Bonchev–Trinajstić information content (AvgIpc) is 3.10. The monoisotopic (exact) mass is 364 g/mol. The van der Waals surface area contributed by atoms with Crippen molar-refractivity contribution in [3.63, 3.8) is 0 Å². The molecule has 1 heterocycles. The molecule has 0 fully saturated rings. The minimum absolute atomic E-state index is 0.0793. The van der Waals surface area contributed by atoms with Crippen LogP contribution in [0.5, 0.6) is 5.75 Å². The van der Waals surface area contributed by atoms with E-state index in [0.717, 1.165) is 16.9 Å². The summed E-state index contributed by atoms with van der Waals surface area (Å²) in [5.41, 5.74) is 3.48. The first kappa shape index (κ1) is 18.0. The Bertz CT molecular complexity index is 939. The molecule has 0 bridgehead atoms. The van der Waals surface area contributed by atoms with E-state index < -0.39 is 5.97 Å². The summed E-state index contributed by atoms with van der Waals surface area (Å²) in [6, 6.07) is 17.5. The molecule has 0 saturated heterocycles. The van der Waals surface area contributed by atoms with E-state index in [2.05, 4.69) is 29.9 Å². The van der Waals surface area contributed by atoms with Crippen LogP contribution in [-0.2, 0) is 11.2 Å². The molecule has 0 radical (unpaired) electrons. The fraction of sp³-hybridized carbons (Fsp3) is 0.136. The number of benzene rings is 2. The summed E-state index contributed by atoms with van der Waals surface area (Å²) in [7, 11) is 1.29. The fourth-order valence-electron chi connectivity index (χ4n) is 2.77. The molecule has 132 valence electrons. The number of methoxy groups -OCH3 is 1. The molecule has 4 heteroatoms. The van der Waals surface area contributed by atoms with Crippen LogP contribution in [0, 0.1) is 0 Å². The van der Waals surface area contributed by atoms with Gasteiger partial charge in [0.15, 0.2) is 0 Å². The zero-order valence-electron chi connectivity index (χ0n) is 14.7. The Morgan fingerprint density at radius 3 is 2.54 bits per heavy atom. The van der Waals surface area contributed by atoms with Crippen molar-refractivity contribution in [2.45, 2.75) is 13.3 Å². The number of carbonyl (C=O) groups is 1. The highest BCUT2D eigenvalue weighted by molar-refractivity contribution is 7.13.